The predicted octanol–water partition coefficient (Wildman–Crippen LogP) is 19.1. The molecule has 11 aromatic heterocycles. The van der Waals surface area contributed by atoms with E-state index in [1.54, 1.807) is 39.1 Å². The van der Waals surface area contributed by atoms with E-state index in [9.17, 15) is 14.4 Å². The highest BCUT2D eigenvalue weighted by Gasteiger charge is 2.32. The summed E-state index contributed by atoms with van der Waals surface area (Å²) in [7, 11) is -1.40. The molecule has 756 valence electrons. The van der Waals surface area contributed by atoms with Gasteiger partial charge in [0.15, 0.2) is 44.2 Å². The van der Waals surface area contributed by atoms with Gasteiger partial charge in [-0.2, -0.15) is 15.8 Å². The van der Waals surface area contributed by atoms with E-state index < -0.39 is 23.9 Å². The van der Waals surface area contributed by atoms with Crippen LogP contribution < -0.4 is 43.1 Å². The fraction of sp³-hybridized carbons (Fsp3) is 0.359. The van der Waals surface area contributed by atoms with E-state index in [1.165, 1.54) is 69.3 Å². The molecular weight excluding hydrogens is 1920 g/mol. The van der Waals surface area contributed by atoms with Gasteiger partial charge in [-0.3, -0.25) is 0 Å². The number of anilines is 9. The van der Waals surface area contributed by atoms with E-state index in [1.807, 2.05) is 184 Å². The van der Waals surface area contributed by atoms with Crippen molar-refractivity contribution >= 4 is 161 Å². The van der Waals surface area contributed by atoms with Gasteiger partial charge in [-0.25, -0.2) is 44.3 Å². The summed E-state index contributed by atoms with van der Waals surface area (Å²) >= 11 is 17.9. The number of aromatic nitrogens is 18. The molecule has 3 amide bonds. The Morgan fingerprint density at radius 3 is 1.08 bits per heavy atom. The van der Waals surface area contributed by atoms with E-state index in [2.05, 4.69) is 141 Å². The van der Waals surface area contributed by atoms with Crippen LogP contribution in [0.1, 0.15) is 150 Å². The summed E-state index contributed by atoms with van der Waals surface area (Å²) < 4.78 is 16.4. The average Bonchev–Trinajstić information content (AvgIpc) is 1.53. The number of nitrogens with two attached hydrogens (primary N) is 1. The van der Waals surface area contributed by atoms with E-state index >= 15 is 0 Å². The Morgan fingerprint density at radius 2 is 0.726 bits per heavy atom. The van der Waals surface area contributed by atoms with Gasteiger partial charge in [0.1, 0.15) is 69.5 Å². The largest absolute Gasteiger partial charge is 0.489 e. The quantitative estimate of drug-likeness (QED) is 0.0249. The molecule has 0 spiro atoms. The Bertz CT molecular complexity index is 7030. The van der Waals surface area contributed by atoms with Crippen molar-refractivity contribution in [3.05, 3.63) is 216 Å². The summed E-state index contributed by atoms with van der Waals surface area (Å²) in [5, 5.41) is 103. The summed E-state index contributed by atoms with van der Waals surface area (Å²) in [4.78, 5) is 78.7. The Morgan fingerprint density at radius 1 is 0.397 bits per heavy atom. The van der Waals surface area contributed by atoms with Gasteiger partial charge >= 0.3 is 25.4 Å². The van der Waals surface area contributed by atoms with Crippen molar-refractivity contribution in [2.24, 2.45) is 23.7 Å². The van der Waals surface area contributed by atoms with Crippen LogP contribution in [0, 0.1) is 57.7 Å². The number of carbonyl (C=O) groups is 3. The molecule has 14 heterocycles. The summed E-state index contributed by atoms with van der Waals surface area (Å²) in [6.07, 6.45) is 27.2. The molecule has 39 nitrogen and oxygen atoms in total. The Labute approximate surface area is 860 Å². The maximum atomic E-state index is 12.4. The van der Waals surface area contributed by atoms with Gasteiger partial charge in [0.25, 0.3) is 0 Å². The van der Waals surface area contributed by atoms with Crippen LogP contribution in [-0.2, 0) is 14.2 Å². The number of nitrogens with one attached hydrogen (secondary N) is 10. The van der Waals surface area contributed by atoms with Gasteiger partial charge < -0.3 is 96.5 Å². The van der Waals surface area contributed by atoms with E-state index in [4.69, 9.17) is 80.6 Å². The number of amides is 3. The highest BCUT2D eigenvalue weighted by molar-refractivity contribution is 6.62. The van der Waals surface area contributed by atoms with Gasteiger partial charge in [-0.15, -0.1) is 40.8 Å². The number of carbonyl (C=O) groups excluding carboxylic acids is 3. The second-order valence-electron chi connectivity index (χ2n) is 38.4. The van der Waals surface area contributed by atoms with Gasteiger partial charge in [-0.1, -0.05) is 103 Å². The molecular formula is C103H117BCl3N31O8. The van der Waals surface area contributed by atoms with E-state index in [0.717, 1.165) is 159 Å². The van der Waals surface area contributed by atoms with Crippen LogP contribution in [0.4, 0.5) is 66.2 Å². The Hall–Kier alpha value is -15.7. The minimum absolute atomic E-state index is 0.231. The van der Waals surface area contributed by atoms with Gasteiger partial charge in [-0.05, 0) is 197 Å². The number of benzene rings is 4. The summed E-state index contributed by atoms with van der Waals surface area (Å²) in [6.45, 7) is 24.2. The number of likely N-dealkylation sites (tertiary alicyclic amines) is 3. The molecule has 43 heteroatoms. The molecule has 3 saturated heterocycles. The number of nitrogens with zero attached hydrogens (tertiary/aromatic N) is 20. The van der Waals surface area contributed by atoms with Crippen LogP contribution in [0.25, 0.3) is 77.4 Å². The third-order valence-electron chi connectivity index (χ3n) is 24.2. The molecule has 14 N–H and O–H groups in total. The molecule has 146 heavy (non-hydrogen) atoms. The minimum Gasteiger partial charge on any atom is -0.444 e. The molecule has 4 fully saturated rings. The van der Waals surface area contributed by atoms with Crippen molar-refractivity contribution in [2.45, 2.75) is 150 Å². The maximum absolute atomic E-state index is 12.4. The van der Waals surface area contributed by atoms with Crippen molar-refractivity contribution in [1.82, 2.24) is 105 Å². The first-order valence-corrected chi connectivity index (χ1v) is 49.3. The summed E-state index contributed by atoms with van der Waals surface area (Å²) in [5.74, 6) is 4.33. The number of halogens is 3. The number of hydrogen-bond acceptors (Lipinski definition) is 32. The summed E-state index contributed by atoms with van der Waals surface area (Å²) in [6, 6.07) is 44.7. The van der Waals surface area contributed by atoms with Crippen LogP contribution in [-0.4, -0.2) is 223 Å². The lowest BCUT2D eigenvalue weighted by atomic mass is 9.78. The standard InChI is InChI=1S/C28H31N9O2.C24H24N8.C23H28ClN5O2.C15H22Cl2N4O2.C8H8BNO2.C5H4N4/c1-28(2,3)39-27(38)37-11-8-18(9-12-37)15-32-23-13-24(34-25-17-31-19(14-29)16-33-25)35-36-26(23)21-5-4-6-22-20(21)7-10-30-22;25-12-17-14-29-23(15-27-17)30-22-11-21(28-13-16-5-2-1-3-6-16)24(32-31-22)19-7-4-8-20-18(19)9-10-26-20;1-23(2,3)31-22(30)29-11-8-15(9-12-29)14-26-19-13-20(24)27-28-21(19)17-5-4-6-18-16(17)7-10-25-18;1-15(2,3)23-14(22)21-6-4-10(5-7-21)9-18-11-8-12(16)19-20-13(11)17;11-9(12)7-2-1-3-8-6(7)4-5-10-8;6-1-4-2-9-5(7)3-8-4/h4-7,10,13,16-18,30H,8-9,11-12,15H2,1-3H3,(H2,32,33,34,35);4,7-11,14-16,26H,1-3,5-6,13H2,(H2,28,29,30,31);4-7,10,13,15,25H,8-9,11-12,14H2,1-3H3,(H,26,27);8,10H,4-7,9H2,1-3H3,(H,18,19);1-5,10-12H;2-3H,(H2,7,9). The molecule has 3 aliphatic heterocycles. The zero-order valence-electron chi connectivity index (χ0n) is 82.6. The van der Waals surface area contributed by atoms with Crippen LogP contribution in [0.2, 0.25) is 15.5 Å². The minimum atomic E-state index is -1.40. The van der Waals surface area contributed by atoms with Crippen LogP contribution >= 0.6 is 34.8 Å². The zero-order chi connectivity index (χ0) is 103. The van der Waals surface area contributed by atoms with Crippen molar-refractivity contribution in [2.75, 3.05) is 103 Å². The summed E-state index contributed by atoms with van der Waals surface area (Å²) in [5.41, 5.74) is 17.8. The average molecular weight is 2030 g/mol. The highest BCUT2D eigenvalue weighted by atomic mass is 35.5. The van der Waals surface area contributed by atoms with Gasteiger partial charge in [0.05, 0.1) is 59.9 Å². The van der Waals surface area contributed by atoms with Crippen LogP contribution in [0.15, 0.2) is 183 Å². The molecule has 19 rings (SSSR count). The topological polar surface area (TPSA) is 542 Å². The number of piperidine rings is 3. The van der Waals surface area contributed by atoms with E-state index in [-0.39, 0.29) is 35.4 Å². The first-order valence-electron chi connectivity index (χ1n) is 48.2. The number of nitriles is 3. The monoisotopic (exact) mass is 2030 g/mol. The Kier molecular flexibility index (Phi) is 36.4. The normalized spacial score (nSPS) is 14.1. The number of hydrogen-bond donors (Lipinski definition) is 13. The molecule has 4 aliphatic rings. The second kappa shape index (κ2) is 50.0. The lowest BCUT2D eigenvalue weighted by Gasteiger charge is -2.33. The number of H-pyrrole nitrogens is 4. The number of ether oxygens (including phenoxy) is 3. The molecule has 4 aromatic carbocycles. The first kappa shape index (κ1) is 106. The van der Waals surface area contributed by atoms with Crippen LogP contribution in [0.3, 0.4) is 0 Å². The fourth-order valence-corrected chi connectivity index (χ4v) is 17.3. The molecule has 0 radical (unpaired) electrons. The third kappa shape index (κ3) is 30.5. The van der Waals surface area contributed by atoms with Crippen molar-refractivity contribution in [3.63, 3.8) is 0 Å². The first-order chi connectivity index (χ1) is 70.2. The predicted molar refractivity (Wildman–Crippen MR) is 567 cm³/mol. The number of fused-ring (bicyclic) bond motifs is 4. The van der Waals surface area contributed by atoms with Crippen molar-refractivity contribution in [1.29, 1.82) is 15.8 Å². The highest BCUT2D eigenvalue weighted by Crippen LogP contribution is 2.39. The van der Waals surface area contributed by atoms with E-state index in [0.29, 0.717) is 119 Å². The van der Waals surface area contributed by atoms with Crippen LogP contribution in [0.5, 0.6) is 0 Å². The van der Waals surface area contributed by atoms with Crippen molar-refractivity contribution in [3.8, 4) is 52.0 Å². The number of nitrogen functional groups attached to an aromatic ring is 1. The molecule has 1 aliphatic carbocycles. The van der Waals surface area contributed by atoms with Gasteiger partial charge in [0, 0.05) is 169 Å². The third-order valence-corrected chi connectivity index (χ3v) is 24.9. The number of rotatable bonds is 20. The Balaban J connectivity index is 0.000000145. The second-order valence-corrected chi connectivity index (χ2v) is 39.6. The van der Waals surface area contributed by atoms with Gasteiger partial charge in [0.2, 0.25) is 0 Å². The maximum Gasteiger partial charge on any atom is 0.489 e. The molecule has 15 aromatic rings. The lowest BCUT2D eigenvalue weighted by Crippen LogP contribution is -2.42. The molecule has 0 bridgehead atoms. The smallest absolute Gasteiger partial charge is 0.444 e. The SMILES string of the molecule is CC(C)(C)OC(=O)N1CCC(CNc2cc(Cl)nnc2-c2cccc3[nH]ccc23)CC1.CC(C)(C)OC(=O)N1CCC(CNc2cc(Cl)nnc2Cl)CC1.CC(C)(C)OC(=O)N1CCC(CNc2cc(Nc3cnc(C#N)cn3)nnc2-c2cccc3[nH]ccc23)CC1.N#Cc1cnc(N)cn1.N#Cc1cnc(Nc2cc(NCC3CCCCC3)c(-c3cccc4[nH]ccc34)nn2)cn1.OB(O)c1cccc2[nH]ccc12. The van der Waals surface area contributed by atoms with Crippen molar-refractivity contribution < 1.29 is 38.6 Å². The fourth-order valence-electron chi connectivity index (χ4n) is 16.9. The number of aromatic amines is 4. The molecule has 0 atom stereocenters. The lowest BCUT2D eigenvalue weighted by molar-refractivity contribution is 0.0177. The zero-order valence-corrected chi connectivity index (χ0v) is 84.8. The molecule has 0 unspecified atom stereocenters. The molecule has 1 saturated carbocycles.